The molecule has 2 aliphatic rings. The van der Waals surface area contributed by atoms with Crippen LogP contribution in [0.5, 0.6) is 0 Å². The third kappa shape index (κ3) is 5.80. The number of rotatable bonds is 6. The highest BCUT2D eigenvalue weighted by Crippen LogP contribution is 2.23. The Morgan fingerprint density at radius 3 is 2.21 bits per heavy atom. The molecule has 0 bridgehead atoms. The number of hydrogen-bond donors (Lipinski definition) is 1. The highest BCUT2D eigenvalue weighted by atomic mass is 16.3. The zero-order chi connectivity index (χ0) is 13.7. The van der Waals surface area contributed by atoms with E-state index in [0.29, 0.717) is 0 Å². The molecule has 0 saturated carbocycles. The molecule has 0 amide bonds. The summed E-state index contributed by atoms with van der Waals surface area (Å²) in [6, 6.07) is 0. The average molecular weight is 268 g/mol. The summed E-state index contributed by atoms with van der Waals surface area (Å²) in [7, 11) is 0. The van der Waals surface area contributed by atoms with Crippen LogP contribution in [0.1, 0.15) is 52.4 Å². The maximum absolute atomic E-state index is 9.85. The van der Waals surface area contributed by atoms with E-state index < -0.39 is 5.60 Å². The van der Waals surface area contributed by atoms with Crippen LogP contribution in [0, 0.1) is 5.92 Å². The fraction of sp³-hybridized carbons (Fsp3) is 1.00. The number of aliphatic hydroxyl groups is 1. The van der Waals surface area contributed by atoms with Crippen LogP contribution in [-0.4, -0.2) is 59.8 Å². The van der Waals surface area contributed by atoms with Gasteiger partial charge in [-0.15, -0.1) is 0 Å². The van der Waals surface area contributed by atoms with Crippen LogP contribution in [0.15, 0.2) is 0 Å². The monoisotopic (exact) mass is 268 g/mol. The molecule has 2 rings (SSSR count). The first-order chi connectivity index (χ1) is 9.03. The van der Waals surface area contributed by atoms with Crippen molar-refractivity contribution in [2.75, 3.05) is 39.3 Å². The molecule has 0 atom stereocenters. The first-order valence-corrected chi connectivity index (χ1v) is 8.20. The van der Waals surface area contributed by atoms with E-state index in [1.165, 1.54) is 71.2 Å². The highest BCUT2D eigenvalue weighted by molar-refractivity contribution is 4.78. The van der Waals surface area contributed by atoms with Crippen LogP contribution >= 0.6 is 0 Å². The van der Waals surface area contributed by atoms with Gasteiger partial charge in [0, 0.05) is 6.54 Å². The predicted octanol–water partition coefficient (Wildman–Crippen LogP) is 2.35. The normalized spacial score (nSPS) is 24.2. The lowest BCUT2D eigenvalue weighted by atomic mass is 9.91. The largest absolute Gasteiger partial charge is 0.389 e. The standard InChI is InChI=1S/C16H32N2O/c1-16(2,19)14-18-12-7-15(8-13-18)6-5-11-17-9-3-4-10-17/h15,19H,3-14H2,1-2H3. The molecule has 0 unspecified atom stereocenters. The van der Waals surface area contributed by atoms with Gasteiger partial charge in [-0.05, 0) is 91.0 Å². The summed E-state index contributed by atoms with van der Waals surface area (Å²) in [4.78, 5) is 5.06. The van der Waals surface area contributed by atoms with E-state index in [2.05, 4.69) is 9.80 Å². The molecule has 0 aromatic rings. The third-order valence-corrected chi connectivity index (χ3v) is 4.60. The summed E-state index contributed by atoms with van der Waals surface area (Å²) in [5.74, 6) is 0.931. The van der Waals surface area contributed by atoms with Gasteiger partial charge in [-0.3, -0.25) is 0 Å². The Hall–Kier alpha value is -0.120. The number of nitrogens with zero attached hydrogens (tertiary/aromatic N) is 2. The molecule has 2 aliphatic heterocycles. The SMILES string of the molecule is CC(C)(O)CN1CCC(CCCN2CCCC2)CC1. The van der Waals surface area contributed by atoms with Gasteiger partial charge < -0.3 is 14.9 Å². The summed E-state index contributed by atoms with van der Waals surface area (Å²) in [5.41, 5.74) is -0.539. The summed E-state index contributed by atoms with van der Waals surface area (Å²) < 4.78 is 0. The molecule has 112 valence electrons. The van der Waals surface area contributed by atoms with Crippen LogP contribution < -0.4 is 0 Å². The second-order valence-electron chi connectivity index (χ2n) is 7.22. The maximum Gasteiger partial charge on any atom is 0.0718 e. The molecular formula is C16H32N2O. The van der Waals surface area contributed by atoms with Gasteiger partial charge in [0.05, 0.1) is 5.60 Å². The summed E-state index contributed by atoms with van der Waals surface area (Å²) in [6.07, 6.45) is 8.28. The van der Waals surface area contributed by atoms with Crippen LogP contribution in [0.2, 0.25) is 0 Å². The summed E-state index contributed by atoms with van der Waals surface area (Å²) in [6.45, 7) is 11.0. The van der Waals surface area contributed by atoms with Crippen molar-refractivity contribution < 1.29 is 5.11 Å². The fourth-order valence-corrected chi connectivity index (χ4v) is 3.59. The number of likely N-dealkylation sites (tertiary alicyclic amines) is 2. The van der Waals surface area contributed by atoms with Gasteiger partial charge in [0.25, 0.3) is 0 Å². The molecule has 0 aromatic heterocycles. The minimum absolute atomic E-state index is 0.539. The Balaban J connectivity index is 1.55. The number of hydrogen-bond acceptors (Lipinski definition) is 3. The lowest BCUT2D eigenvalue weighted by Gasteiger charge is -2.35. The van der Waals surface area contributed by atoms with Gasteiger partial charge in [-0.1, -0.05) is 0 Å². The maximum atomic E-state index is 9.85. The molecule has 3 heteroatoms. The van der Waals surface area contributed by atoms with Crippen molar-refractivity contribution in [3.05, 3.63) is 0 Å². The number of β-amino-alcohol motifs (C(OH)–C–C–N with tert-alkyl or cyclic N) is 1. The molecule has 0 aliphatic carbocycles. The zero-order valence-electron chi connectivity index (χ0n) is 12.9. The molecule has 19 heavy (non-hydrogen) atoms. The van der Waals surface area contributed by atoms with Gasteiger partial charge in [0.1, 0.15) is 0 Å². The van der Waals surface area contributed by atoms with E-state index >= 15 is 0 Å². The Bertz CT molecular complexity index is 248. The first-order valence-electron chi connectivity index (χ1n) is 8.20. The molecule has 1 N–H and O–H groups in total. The molecule has 2 saturated heterocycles. The van der Waals surface area contributed by atoms with Crippen LogP contribution in [0.3, 0.4) is 0 Å². The average Bonchev–Trinajstić information content (AvgIpc) is 2.82. The fourth-order valence-electron chi connectivity index (χ4n) is 3.59. The van der Waals surface area contributed by atoms with E-state index in [1.54, 1.807) is 0 Å². The van der Waals surface area contributed by atoms with Crippen molar-refractivity contribution in [2.45, 2.75) is 58.0 Å². The Morgan fingerprint density at radius 2 is 1.63 bits per heavy atom. The Kier molecular flexibility index (Phi) is 5.67. The molecule has 0 spiro atoms. The second kappa shape index (κ2) is 7.05. The van der Waals surface area contributed by atoms with Crippen molar-refractivity contribution >= 4 is 0 Å². The molecule has 0 aromatic carbocycles. The minimum Gasteiger partial charge on any atom is -0.389 e. The lowest BCUT2D eigenvalue weighted by molar-refractivity contribution is 0.0237. The van der Waals surface area contributed by atoms with Crippen LogP contribution in [0.25, 0.3) is 0 Å². The Labute approximate surface area is 119 Å². The molecule has 3 nitrogen and oxygen atoms in total. The second-order valence-corrected chi connectivity index (χ2v) is 7.22. The lowest BCUT2D eigenvalue weighted by Crippen LogP contribution is -2.43. The molecule has 0 radical (unpaired) electrons. The van der Waals surface area contributed by atoms with Crippen molar-refractivity contribution in [2.24, 2.45) is 5.92 Å². The van der Waals surface area contributed by atoms with Crippen molar-refractivity contribution in [1.82, 2.24) is 9.80 Å². The van der Waals surface area contributed by atoms with E-state index in [-0.39, 0.29) is 0 Å². The van der Waals surface area contributed by atoms with Crippen LogP contribution in [0.4, 0.5) is 0 Å². The summed E-state index contributed by atoms with van der Waals surface area (Å²) in [5, 5.41) is 9.85. The first kappa shape index (κ1) is 15.3. The number of piperidine rings is 1. The predicted molar refractivity (Wildman–Crippen MR) is 80.4 cm³/mol. The Morgan fingerprint density at radius 1 is 1.00 bits per heavy atom. The van der Waals surface area contributed by atoms with Gasteiger partial charge in [-0.2, -0.15) is 0 Å². The topological polar surface area (TPSA) is 26.7 Å². The smallest absolute Gasteiger partial charge is 0.0718 e. The zero-order valence-corrected chi connectivity index (χ0v) is 12.9. The molecular weight excluding hydrogens is 236 g/mol. The van der Waals surface area contributed by atoms with E-state index in [1.807, 2.05) is 13.8 Å². The quantitative estimate of drug-likeness (QED) is 0.801. The molecule has 2 fully saturated rings. The van der Waals surface area contributed by atoms with E-state index in [0.717, 1.165) is 12.5 Å². The van der Waals surface area contributed by atoms with E-state index in [9.17, 15) is 5.11 Å². The highest BCUT2D eigenvalue weighted by Gasteiger charge is 2.23. The van der Waals surface area contributed by atoms with Gasteiger partial charge in [0.15, 0.2) is 0 Å². The third-order valence-electron chi connectivity index (χ3n) is 4.60. The van der Waals surface area contributed by atoms with Gasteiger partial charge >= 0.3 is 0 Å². The van der Waals surface area contributed by atoms with E-state index in [4.69, 9.17) is 0 Å². The van der Waals surface area contributed by atoms with Crippen molar-refractivity contribution in [3.63, 3.8) is 0 Å². The van der Waals surface area contributed by atoms with Gasteiger partial charge in [0.2, 0.25) is 0 Å². The minimum atomic E-state index is -0.539. The van der Waals surface area contributed by atoms with Crippen molar-refractivity contribution in [1.29, 1.82) is 0 Å². The van der Waals surface area contributed by atoms with Crippen LogP contribution in [-0.2, 0) is 0 Å². The molecule has 2 heterocycles. The van der Waals surface area contributed by atoms with Gasteiger partial charge in [-0.25, -0.2) is 0 Å². The summed E-state index contributed by atoms with van der Waals surface area (Å²) >= 11 is 0. The van der Waals surface area contributed by atoms with Crippen molar-refractivity contribution in [3.8, 4) is 0 Å².